The second-order valence-electron chi connectivity index (χ2n) is 4.43. The molecule has 0 bridgehead atoms. The fraction of sp³-hybridized carbons (Fsp3) is 0.250. The van der Waals surface area contributed by atoms with Gasteiger partial charge in [0.1, 0.15) is 21.7 Å². The Labute approximate surface area is 126 Å². The zero-order valence-electron chi connectivity index (χ0n) is 11.2. The first-order valence-corrected chi connectivity index (χ1v) is 8.59. The van der Waals surface area contributed by atoms with Crippen LogP contribution in [-0.4, -0.2) is 26.9 Å². The Hall–Kier alpha value is -2.00. The van der Waals surface area contributed by atoms with Crippen LogP contribution in [0.25, 0.3) is 11.0 Å². The lowest BCUT2D eigenvalue weighted by molar-refractivity contribution is 0.594. The lowest BCUT2D eigenvalue weighted by Crippen LogP contribution is -2.16. The summed E-state index contributed by atoms with van der Waals surface area (Å²) in [7, 11) is -3.73. The van der Waals surface area contributed by atoms with Crippen LogP contribution in [0.2, 0.25) is 0 Å². The van der Waals surface area contributed by atoms with E-state index in [1.165, 1.54) is 6.07 Å². The summed E-state index contributed by atoms with van der Waals surface area (Å²) in [5.41, 5.74) is 0.960. The molecule has 110 valence electrons. The van der Waals surface area contributed by atoms with Crippen LogP contribution in [0.1, 0.15) is 13.3 Å². The van der Waals surface area contributed by atoms with Gasteiger partial charge in [0.15, 0.2) is 0 Å². The molecule has 0 spiro atoms. The molecule has 0 aliphatic carbocycles. The second kappa shape index (κ2) is 5.41. The molecule has 3 aromatic rings. The van der Waals surface area contributed by atoms with E-state index in [0.29, 0.717) is 23.4 Å². The Kier molecular flexibility index (Phi) is 3.60. The zero-order valence-corrected chi connectivity index (χ0v) is 12.9. The van der Waals surface area contributed by atoms with Gasteiger partial charge in [0, 0.05) is 12.6 Å². The first-order valence-electron chi connectivity index (χ1n) is 6.38. The Morgan fingerprint density at radius 3 is 2.95 bits per heavy atom. The van der Waals surface area contributed by atoms with Gasteiger partial charge >= 0.3 is 0 Å². The summed E-state index contributed by atoms with van der Waals surface area (Å²) in [6, 6.07) is 6.54. The van der Waals surface area contributed by atoms with Crippen molar-refractivity contribution >= 4 is 38.6 Å². The number of nitrogens with zero attached hydrogens (tertiary/aromatic N) is 4. The highest BCUT2D eigenvalue weighted by Crippen LogP contribution is 2.23. The maximum absolute atomic E-state index is 12.6. The summed E-state index contributed by atoms with van der Waals surface area (Å²) in [6.07, 6.45) is 2.43. The smallest absolute Gasteiger partial charge is 0.263 e. The summed E-state index contributed by atoms with van der Waals surface area (Å²) in [5, 5.41) is 4.10. The SMILES string of the molecule is CCCn1nccc1NS(=O)(=O)c1cccc2nsnc12. The Bertz CT molecular complexity index is 869. The number of nitrogens with one attached hydrogen (secondary N) is 1. The van der Waals surface area contributed by atoms with E-state index < -0.39 is 10.0 Å². The minimum Gasteiger partial charge on any atom is -0.263 e. The molecule has 0 fully saturated rings. The quantitative estimate of drug-likeness (QED) is 0.776. The van der Waals surface area contributed by atoms with Crippen LogP contribution in [0.4, 0.5) is 5.82 Å². The number of anilines is 1. The molecule has 0 aliphatic heterocycles. The number of hydrogen-bond donors (Lipinski definition) is 1. The number of rotatable bonds is 5. The standard InChI is InChI=1S/C12H13N5O2S2/c1-2-8-17-11(6-7-13-17)16-21(18,19)10-5-3-4-9-12(10)15-20-14-9/h3-7,16H,2,8H2,1H3. The van der Waals surface area contributed by atoms with Crippen molar-refractivity contribution in [2.75, 3.05) is 4.72 Å². The summed E-state index contributed by atoms with van der Waals surface area (Å²) in [5.74, 6) is 0.442. The van der Waals surface area contributed by atoms with Crippen LogP contribution in [-0.2, 0) is 16.6 Å². The van der Waals surface area contributed by atoms with Crippen LogP contribution in [0.15, 0.2) is 35.4 Å². The third-order valence-corrected chi connectivity index (χ3v) is 4.86. The zero-order chi connectivity index (χ0) is 14.9. The van der Waals surface area contributed by atoms with Gasteiger partial charge in [-0.2, -0.15) is 13.8 Å². The monoisotopic (exact) mass is 323 g/mol. The van der Waals surface area contributed by atoms with Crippen molar-refractivity contribution in [2.45, 2.75) is 24.8 Å². The lowest BCUT2D eigenvalue weighted by Gasteiger charge is -2.10. The highest BCUT2D eigenvalue weighted by molar-refractivity contribution is 7.93. The molecule has 0 radical (unpaired) electrons. The fourth-order valence-corrected chi connectivity index (χ4v) is 3.83. The highest BCUT2D eigenvalue weighted by atomic mass is 32.2. The Morgan fingerprint density at radius 2 is 2.14 bits per heavy atom. The number of sulfonamides is 1. The molecule has 1 aromatic carbocycles. The largest absolute Gasteiger partial charge is 0.265 e. The van der Waals surface area contributed by atoms with E-state index in [0.717, 1.165) is 18.1 Å². The van der Waals surface area contributed by atoms with Crippen molar-refractivity contribution in [3.8, 4) is 0 Å². The molecule has 0 atom stereocenters. The van der Waals surface area contributed by atoms with Gasteiger partial charge < -0.3 is 0 Å². The van der Waals surface area contributed by atoms with Gasteiger partial charge in [0.05, 0.1) is 17.9 Å². The molecule has 2 heterocycles. The molecule has 3 rings (SSSR count). The molecule has 0 aliphatic rings. The van der Waals surface area contributed by atoms with Crippen molar-refractivity contribution < 1.29 is 8.42 Å². The van der Waals surface area contributed by atoms with Crippen molar-refractivity contribution in [3.63, 3.8) is 0 Å². The number of fused-ring (bicyclic) bond motifs is 1. The first kappa shape index (κ1) is 14.0. The summed E-state index contributed by atoms with van der Waals surface area (Å²) >= 11 is 0.993. The summed E-state index contributed by atoms with van der Waals surface area (Å²) in [4.78, 5) is 0.123. The van der Waals surface area contributed by atoms with Gasteiger partial charge in [-0.1, -0.05) is 13.0 Å². The second-order valence-corrected chi connectivity index (χ2v) is 6.61. The minimum absolute atomic E-state index is 0.123. The number of hydrogen-bond acceptors (Lipinski definition) is 6. The van der Waals surface area contributed by atoms with Crippen LogP contribution in [0, 0.1) is 0 Å². The van der Waals surface area contributed by atoms with Crippen LogP contribution < -0.4 is 4.72 Å². The third kappa shape index (κ3) is 2.61. The van der Waals surface area contributed by atoms with Crippen LogP contribution in [0.3, 0.4) is 0 Å². The van der Waals surface area contributed by atoms with Gasteiger partial charge in [-0.3, -0.25) is 4.72 Å². The van der Waals surface area contributed by atoms with E-state index in [9.17, 15) is 8.42 Å². The van der Waals surface area contributed by atoms with E-state index in [2.05, 4.69) is 18.6 Å². The molecule has 1 N–H and O–H groups in total. The molecule has 9 heteroatoms. The van der Waals surface area contributed by atoms with Gasteiger partial charge in [-0.15, -0.1) is 0 Å². The Morgan fingerprint density at radius 1 is 1.29 bits per heavy atom. The maximum Gasteiger partial charge on any atom is 0.265 e. The average molecular weight is 323 g/mol. The van der Waals surface area contributed by atoms with E-state index in [4.69, 9.17) is 0 Å². The molecule has 0 saturated carbocycles. The third-order valence-electron chi connectivity index (χ3n) is 2.93. The molecule has 0 unspecified atom stereocenters. The predicted octanol–water partition coefficient (Wildman–Crippen LogP) is 2.10. The lowest BCUT2D eigenvalue weighted by atomic mass is 10.3. The van der Waals surface area contributed by atoms with Crippen molar-refractivity contribution in [3.05, 3.63) is 30.5 Å². The molecule has 0 saturated heterocycles. The summed E-state index contributed by atoms with van der Waals surface area (Å²) < 4.78 is 37.4. The normalized spacial score (nSPS) is 11.9. The fourth-order valence-electron chi connectivity index (χ4n) is 2.00. The maximum atomic E-state index is 12.6. The molecule has 0 amide bonds. The molecule has 2 aromatic heterocycles. The van der Waals surface area contributed by atoms with E-state index >= 15 is 0 Å². The number of aromatic nitrogens is 4. The van der Waals surface area contributed by atoms with Gasteiger partial charge in [-0.25, -0.2) is 13.1 Å². The first-order chi connectivity index (χ1) is 10.1. The van der Waals surface area contributed by atoms with Crippen molar-refractivity contribution in [1.82, 2.24) is 18.5 Å². The van der Waals surface area contributed by atoms with Crippen molar-refractivity contribution in [1.29, 1.82) is 0 Å². The van der Waals surface area contributed by atoms with E-state index in [1.807, 2.05) is 6.92 Å². The van der Waals surface area contributed by atoms with Crippen molar-refractivity contribution in [2.24, 2.45) is 0 Å². The average Bonchev–Trinajstić information content (AvgIpc) is 3.07. The molecular weight excluding hydrogens is 310 g/mol. The highest BCUT2D eigenvalue weighted by Gasteiger charge is 2.21. The molecule has 7 nitrogen and oxygen atoms in total. The number of aryl methyl sites for hydroxylation is 1. The van der Waals surface area contributed by atoms with Gasteiger partial charge in [0.2, 0.25) is 0 Å². The van der Waals surface area contributed by atoms with Crippen LogP contribution >= 0.6 is 11.7 Å². The summed E-state index contributed by atoms with van der Waals surface area (Å²) in [6.45, 7) is 2.65. The number of benzene rings is 1. The topological polar surface area (TPSA) is 89.8 Å². The Balaban J connectivity index is 2.01. The molecular formula is C12H13N5O2S2. The molecule has 21 heavy (non-hydrogen) atoms. The van der Waals surface area contributed by atoms with Gasteiger partial charge in [0.25, 0.3) is 10.0 Å². The van der Waals surface area contributed by atoms with Gasteiger partial charge in [-0.05, 0) is 18.6 Å². The van der Waals surface area contributed by atoms with E-state index in [-0.39, 0.29) is 4.90 Å². The minimum atomic E-state index is -3.73. The van der Waals surface area contributed by atoms with E-state index in [1.54, 1.807) is 29.1 Å². The van der Waals surface area contributed by atoms with Crippen LogP contribution in [0.5, 0.6) is 0 Å². The predicted molar refractivity (Wildman–Crippen MR) is 80.7 cm³/mol.